The van der Waals surface area contributed by atoms with Crippen LogP contribution >= 0.6 is 0 Å². The summed E-state index contributed by atoms with van der Waals surface area (Å²) < 4.78 is 0. The highest BCUT2D eigenvalue weighted by molar-refractivity contribution is 5.11. The van der Waals surface area contributed by atoms with Crippen LogP contribution in [-0.2, 0) is 0 Å². The van der Waals surface area contributed by atoms with E-state index in [0.717, 1.165) is 25.6 Å². The third-order valence-corrected chi connectivity index (χ3v) is 6.19. The summed E-state index contributed by atoms with van der Waals surface area (Å²) in [5, 5.41) is 0. The van der Waals surface area contributed by atoms with Gasteiger partial charge in [0.15, 0.2) is 0 Å². The molecular formula is C17H32N2. The molecule has 4 saturated carbocycles. The molecule has 0 aromatic rings. The second-order valence-corrected chi connectivity index (χ2v) is 8.79. The lowest BCUT2D eigenvalue weighted by molar-refractivity contribution is -0.152. The SMILES string of the molecule is CCN(CCN)CC12CC3CC(C)(CC(C)(C3)C1)C2. The Morgan fingerprint density at radius 2 is 1.68 bits per heavy atom. The lowest BCUT2D eigenvalue weighted by Crippen LogP contribution is -2.58. The summed E-state index contributed by atoms with van der Waals surface area (Å²) in [5.41, 5.74) is 7.70. The molecule has 19 heavy (non-hydrogen) atoms. The van der Waals surface area contributed by atoms with Gasteiger partial charge in [-0.15, -0.1) is 0 Å². The fraction of sp³-hybridized carbons (Fsp3) is 1.00. The van der Waals surface area contributed by atoms with Crippen molar-refractivity contribution in [3.8, 4) is 0 Å². The first-order chi connectivity index (χ1) is 8.90. The van der Waals surface area contributed by atoms with E-state index in [-0.39, 0.29) is 0 Å². The van der Waals surface area contributed by atoms with Gasteiger partial charge >= 0.3 is 0 Å². The lowest BCUT2D eigenvalue weighted by Gasteiger charge is -2.66. The first-order valence-electron chi connectivity index (χ1n) is 8.32. The summed E-state index contributed by atoms with van der Waals surface area (Å²) in [6, 6.07) is 0. The Kier molecular flexibility index (Phi) is 3.26. The molecule has 4 fully saturated rings. The van der Waals surface area contributed by atoms with Gasteiger partial charge in [-0.05, 0) is 67.2 Å². The van der Waals surface area contributed by atoms with Gasteiger partial charge in [-0.1, -0.05) is 20.8 Å². The summed E-state index contributed by atoms with van der Waals surface area (Å²) in [6.45, 7) is 11.8. The zero-order chi connectivity index (χ0) is 13.7. The number of nitrogens with two attached hydrogens (primary N) is 1. The molecule has 2 nitrogen and oxygen atoms in total. The maximum Gasteiger partial charge on any atom is 0.0105 e. The van der Waals surface area contributed by atoms with Gasteiger partial charge in [-0.2, -0.15) is 0 Å². The molecule has 0 aromatic carbocycles. The average Bonchev–Trinajstić information content (AvgIpc) is 2.22. The number of rotatable bonds is 5. The molecule has 0 saturated heterocycles. The molecule has 4 bridgehead atoms. The molecule has 4 rings (SSSR count). The third kappa shape index (κ3) is 2.47. The predicted octanol–water partition coefficient (Wildman–Crippen LogP) is 3.26. The number of hydrogen-bond donors (Lipinski definition) is 1. The van der Waals surface area contributed by atoms with Crippen molar-refractivity contribution in [1.29, 1.82) is 0 Å². The zero-order valence-electron chi connectivity index (χ0n) is 13.2. The molecular weight excluding hydrogens is 232 g/mol. The minimum Gasteiger partial charge on any atom is -0.329 e. The molecule has 0 radical (unpaired) electrons. The van der Waals surface area contributed by atoms with Crippen LogP contribution in [0, 0.1) is 22.2 Å². The fourth-order valence-electron chi connectivity index (χ4n) is 6.87. The molecule has 0 heterocycles. The molecule has 4 aliphatic rings. The second-order valence-electron chi connectivity index (χ2n) is 8.79. The fourth-order valence-corrected chi connectivity index (χ4v) is 6.87. The highest BCUT2D eigenvalue weighted by atomic mass is 15.1. The highest BCUT2D eigenvalue weighted by Gasteiger charge is 2.59. The molecule has 2 unspecified atom stereocenters. The first kappa shape index (κ1) is 13.9. The maximum atomic E-state index is 5.78. The van der Waals surface area contributed by atoms with E-state index in [9.17, 15) is 0 Å². The van der Waals surface area contributed by atoms with Crippen molar-refractivity contribution in [2.75, 3.05) is 26.2 Å². The van der Waals surface area contributed by atoms with Crippen LogP contribution in [-0.4, -0.2) is 31.1 Å². The molecule has 2 heteroatoms. The van der Waals surface area contributed by atoms with Crippen LogP contribution in [0.4, 0.5) is 0 Å². The molecule has 2 atom stereocenters. The molecule has 0 amide bonds. The van der Waals surface area contributed by atoms with Gasteiger partial charge in [0.2, 0.25) is 0 Å². The van der Waals surface area contributed by atoms with E-state index < -0.39 is 0 Å². The summed E-state index contributed by atoms with van der Waals surface area (Å²) in [4.78, 5) is 2.61. The largest absolute Gasteiger partial charge is 0.329 e. The second kappa shape index (κ2) is 4.46. The van der Waals surface area contributed by atoms with E-state index in [0.29, 0.717) is 16.2 Å². The van der Waals surface area contributed by atoms with Gasteiger partial charge in [0, 0.05) is 19.6 Å². The van der Waals surface area contributed by atoms with Gasteiger partial charge in [-0.25, -0.2) is 0 Å². The van der Waals surface area contributed by atoms with Crippen LogP contribution in [0.1, 0.15) is 59.3 Å². The number of nitrogens with zero attached hydrogens (tertiary/aromatic N) is 1. The Labute approximate surface area is 119 Å². The normalized spacial score (nSPS) is 48.2. The van der Waals surface area contributed by atoms with E-state index in [4.69, 9.17) is 5.73 Å². The van der Waals surface area contributed by atoms with Gasteiger partial charge < -0.3 is 10.6 Å². The smallest absolute Gasteiger partial charge is 0.0105 e. The van der Waals surface area contributed by atoms with Crippen LogP contribution in [0.15, 0.2) is 0 Å². The van der Waals surface area contributed by atoms with Crippen molar-refractivity contribution in [2.45, 2.75) is 59.3 Å². The Balaban J connectivity index is 1.80. The molecule has 4 aliphatic carbocycles. The van der Waals surface area contributed by atoms with E-state index in [2.05, 4.69) is 25.7 Å². The topological polar surface area (TPSA) is 29.3 Å². The predicted molar refractivity (Wildman–Crippen MR) is 81.0 cm³/mol. The van der Waals surface area contributed by atoms with Gasteiger partial charge in [-0.3, -0.25) is 0 Å². The van der Waals surface area contributed by atoms with Crippen molar-refractivity contribution in [1.82, 2.24) is 4.90 Å². The van der Waals surface area contributed by atoms with Crippen LogP contribution in [0.25, 0.3) is 0 Å². The Hall–Kier alpha value is -0.0800. The standard InChI is InChI=1S/C17H32N2/c1-4-19(6-5-18)13-17-9-14-7-15(2,11-17)10-16(3,8-14)12-17/h14H,4-13,18H2,1-3H3. The third-order valence-electron chi connectivity index (χ3n) is 6.19. The minimum atomic E-state index is 0.619. The summed E-state index contributed by atoms with van der Waals surface area (Å²) >= 11 is 0. The number of hydrogen-bond acceptors (Lipinski definition) is 2. The van der Waals surface area contributed by atoms with Crippen molar-refractivity contribution in [3.63, 3.8) is 0 Å². The molecule has 0 spiro atoms. The van der Waals surface area contributed by atoms with Crippen LogP contribution in [0.3, 0.4) is 0 Å². The maximum absolute atomic E-state index is 5.78. The van der Waals surface area contributed by atoms with Crippen molar-refractivity contribution in [2.24, 2.45) is 27.9 Å². The molecule has 2 N–H and O–H groups in total. The monoisotopic (exact) mass is 264 g/mol. The van der Waals surface area contributed by atoms with E-state index in [1.807, 2.05) is 0 Å². The van der Waals surface area contributed by atoms with Gasteiger partial charge in [0.25, 0.3) is 0 Å². The van der Waals surface area contributed by atoms with E-state index in [1.165, 1.54) is 45.1 Å². The molecule has 110 valence electrons. The lowest BCUT2D eigenvalue weighted by atomic mass is 9.40. The molecule has 0 aliphatic heterocycles. The quantitative estimate of drug-likeness (QED) is 0.826. The van der Waals surface area contributed by atoms with E-state index >= 15 is 0 Å². The van der Waals surface area contributed by atoms with Crippen molar-refractivity contribution >= 4 is 0 Å². The van der Waals surface area contributed by atoms with Crippen LogP contribution in [0.5, 0.6) is 0 Å². The summed E-state index contributed by atoms with van der Waals surface area (Å²) in [5.74, 6) is 1.02. The van der Waals surface area contributed by atoms with Crippen molar-refractivity contribution in [3.05, 3.63) is 0 Å². The Morgan fingerprint density at radius 1 is 1.05 bits per heavy atom. The average molecular weight is 264 g/mol. The molecule has 0 aromatic heterocycles. The van der Waals surface area contributed by atoms with Crippen molar-refractivity contribution < 1.29 is 0 Å². The minimum absolute atomic E-state index is 0.619. The Morgan fingerprint density at radius 3 is 2.16 bits per heavy atom. The van der Waals surface area contributed by atoms with Crippen LogP contribution < -0.4 is 5.73 Å². The van der Waals surface area contributed by atoms with Gasteiger partial charge in [0.05, 0.1) is 0 Å². The first-order valence-corrected chi connectivity index (χ1v) is 8.32. The highest BCUT2D eigenvalue weighted by Crippen LogP contribution is 2.69. The summed E-state index contributed by atoms with van der Waals surface area (Å²) in [6.07, 6.45) is 8.96. The zero-order valence-corrected chi connectivity index (χ0v) is 13.2. The van der Waals surface area contributed by atoms with E-state index in [1.54, 1.807) is 0 Å². The summed E-state index contributed by atoms with van der Waals surface area (Å²) in [7, 11) is 0. The van der Waals surface area contributed by atoms with Crippen LogP contribution in [0.2, 0.25) is 0 Å². The Bertz CT molecular complexity index is 333. The van der Waals surface area contributed by atoms with Gasteiger partial charge in [0.1, 0.15) is 0 Å². The number of likely N-dealkylation sites (N-methyl/N-ethyl adjacent to an activating group) is 1.